The highest BCUT2D eigenvalue weighted by atomic mass is 79.9. The summed E-state index contributed by atoms with van der Waals surface area (Å²) in [4.78, 5) is 1.07. The molecule has 3 nitrogen and oxygen atoms in total. The Morgan fingerprint density at radius 3 is 2.86 bits per heavy atom. The van der Waals surface area contributed by atoms with E-state index in [4.69, 9.17) is 4.74 Å². The lowest BCUT2D eigenvalue weighted by atomic mass is 10.2. The van der Waals surface area contributed by atoms with Gasteiger partial charge in [-0.2, -0.15) is 0 Å². The Labute approximate surface area is 133 Å². The number of benzene rings is 1. The van der Waals surface area contributed by atoms with E-state index >= 15 is 0 Å². The van der Waals surface area contributed by atoms with Gasteiger partial charge in [-0.15, -0.1) is 11.3 Å². The van der Waals surface area contributed by atoms with Gasteiger partial charge in [0.1, 0.15) is 11.6 Å². The summed E-state index contributed by atoms with van der Waals surface area (Å²) in [5.74, 6) is -1.16. The van der Waals surface area contributed by atoms with E-state index in [0.29, 0.717) is 6.61 Å². The van der Waals surface area contributed by atoms with Gasteiger partial charge >= 0.3 is 0 Å². The Kier molecular flexibility index (Phi) is 6.10. The molecule has 0 saturated heterocycles. The molecule has 0 amide bonds. The number of aliphatic hydroxyl groups excluding tert-OH is 1. The largest absolute Gasteiger partial charge is 0.389 e. The maximum atomic E-state index is 13.5. The number of anilines is 1. The van der Waals surface area contributed by atoms with Crippen LogP contribution in [0.2, 0.25) is 0 Å². The number of rotatable bonds is 7. The molecule has 0 spiro atoms. The molecule has 0 aliphatic carbocycles. The third-order valence-corrected chi connectivity index (χ3v) is 4.13. The van der Waals surface area contributed by atoms with Crippen LogP contribution in [0.15, 0.2) is 34.1 Å². The summed E-state index contributed by atoms with van der Waals surface area (Å²) in [5, 5.41) is 14.4. The molecule has 0 bridgehead atoms. The first kappa shape index (κ1) is 16.4. The summed E-state index contributed by atoms with van der Waals surface area (Å²) < 4.78 is 32.3. The van der Waals surface area contributed by atoms with E-state index in [1.807, 2.05) is 17.5 Å². The SMILES string of the molecule is OC(CNc1cc(F)c(Br)cc1F)COCc1cccs1. The van der Waals surface area contributed by atoms with Crippen molar-refractivity contribution in [1.29, 1.82) is 0 Å². The number of aliphatic hydroxyl groups is 1. The van der Waals surface area contributed by atoms with Crippen LogP contribution >= 0.6 is 27.3 Å². The summed E-state index contributed by atoms with van der Waals surface area (Å²) in [7, 11) is 0. The van der Waals surface area contributed by atoms with Gasteiger partial charge in [0.05, 0.1) is 29.5 Å². The molecule has 1 atom stereocenters. The van der Waals surface area contributed by atoms with Gasteiger partial charge in [-0.05, 0) is 33.4 Å². The number of halogens is 3. The van der Waals surface area contributed by atoms with Crippen LogP contribution in [0.3, 0.4) is 0 Å². The third kappa shape index (κ3) is 5.03. The second kappa shape index (κ2) is 7.84. The fraction of sp³-hybridized carbons (Fsp3) is 0.286. The molecule has 2 N–H and O–H groups in total. The lowest BCUT2D eigenvalue weighted by Crippen LogP contribution is -2.25. The monoisotopic (exact) mass is 377 g/mol. The quantitative estimate of drug-likeness (QED) is 0.721. The highest BCUT2D eigenvalue weighted by Gasteiger charge is 2.10. The van der Waals surface area contributed by atoms with Crippen molar-refractivity contribution in [2.24, 2.45) is 0 Å². The van der Waals surface area contributed by atoms with Crippen LogP contribution in [-0.2, 0) is 11.3 Å². The summed E-state index contributed by atoms with van der Waals surface area (Å²) in [6, 6.07) is 5.94. The van der Waals surface area contributed by atoms with Crippen molar-refractivity contribution in [1.82, 2.24) is 0 Å². The van der Waals surface area contributed by atoms with Gasteiger partial charge in [0.2, 0.25) is 0 Å². The predicted molar refractivity (Wildman–Crippen MR) is 82.5 cm³/mol. The van der Waals surface area contributed by atoms with Crippen LogP contribution in [0, 0.1) is 11.6 Å². The Morgan fingerprint density at radius 1 is 1.33 bits per heavy atom. The molecule has 21 heavy (non-hydrogen) atoms. The molecule has 1 unspecified atom stereocenters. The number of nitrogens with one attached hydrogen (secondary N) is 1. The average Bonchev–Trinajstić information content (AvgIpc) is 2.94. The maximum Gasteiger partial charge on any atom is 0.147 e. The van der Waals surface area contributed by atoms with Gasteiger partial charge in [0, 0.05) is 17.5 Å². The first-order valence-electron chi connectivity index (χ1n) is 6.23. The molecule has 2 aromatic rings. The minimum absolute atomic E-state index is 0.00741. The van der Waals surface area contributed by atoms with Crippen LogP contribution in [0.5, 0.6) is 0 Å². The van der Waals surface area contributed by atoms with E-state index in [-0.39, 0.29) is 23.3 Å². The molecule has 0 aliphatic heterocycles. The van der Waals surface area contributed by atoms with Gasteiger partial charge in [0.25, 0.3) is 0 Å². The molecular formula is C14H14BrF2NO2S. The molecule has 2 rings (SSSR count). The van der Waals surface area contributed by atoms with Gasteiger partial charge in [0.15, 0.2) is 0 Å². The second-order valence-electron chi connectivity index (χ2n) is 4.38. The van der Waals surface area contributed by atoms with Gasteiger partial charge in [-0.3, -0.25) is 0 Å². The summed E-state index contributed by atoms with van der Waals surface area (Å²) >= 11 is 4.47. The first-order valence-corrected chi connectivity index (χ1v) is 7.90. The molecule has 1 aromatic carbocycles. The van der Waals surface area contributed by atoms with E-state index in [9.17, 15) is 13.9 Å². The molecule has 1 heterocycles. The highest BCUT2D eigenvalue weighted by Crippen LogP contribution is 2.23. The third-order valence-electron chi connectivity index (χ3n) is 2.67. The molecule has 0 aliphatic rings. The van der Waals surface area contributed by atoms with Gasteiger partial charge < -0.3 is 15.2 Å². The smallest absolute Gasteiger partial charge is 0.147 e. The summed E-state index contributed by atoms with van der Waals surface area (Å²) in [5.41, 5.74) is 0.00741. The Morgan fingerprint density at radius 2 is 2.14 bits per heavy atom. The molecule has 0 fully saturated rings. The van der Waals surface area contributed by atoms with Crippen molar-refractivity contribution >= 4 is 33.0 Å². The van der Waals surface area contributed by atoms with Crippen LogP contribution in [-0.4, -0.2) is 24.4 Å². The Bertz CT molecular complexity index is 581. The van der Waals surface area contributed by atoms with Crippen molar-refractivity contribution in [2.45, 2.75) is 12.7 Å². The van der Waals surface area contributed by atoms with Crippen LogP contribution in [0.1, 0.15) is 4.88 Å². The highest BCUT2D eigenvalue weighted by molar-refractivity contribution is 9.10. The van der Waals surface area contributed by atoms with Crippen molar-refractivity contribution in [3.05, 3.63) is 50.6 Å². The van der Waals surface area contributed by atoms with Crippen LogP contribution in [0.4, 0.5) is 14.5 Å². The van der Waals surface area contributed by atoms with Crippen molar-refractivity contribution in [3.8, 4) is 0 Å². The maximum absolute atomic E-state index is 13.5. The van der Waals surface area contributed by atoms with E-state index in [1.54, 1.807) is 11.3 Å². The van der Waals surface area contributed by atoms with E-state index in [0.717, 1.165) is 17.0 Å². The van der Waals surface area contributed by atoms with Gasteiger partial charge in [-0.25, -0.2) is 8.78 Å². The van der Waals surface area contributed by atoms with E-state index in [2.05, 4.69) is 21.2 Å². The van der Waals surface area contributed by atoms with Crippen molar-refractivity contribution < 1.29 is 18.6 Å². The molecule has 114 valence electrons. The Hall–Kier alpha value is -1.02. The Balaban J connectivity index is 1.76. The fourth-order valence-corrected chi connectivity index (χ4v) is 2.59. The normalized spacial score (nSPS) is 12.4. The van der Waals surface area contributed by atoms with Crippen molar-refractivity contribution in [2.75, 3.05) is 18.5 Å². The predicted octanol–water partition coefficient (Wildman–Crippen LogP) is 3.78. The summed E-state index contributed by atoms with van der Waals surface area (Å²) in [6.07, 6.45) is -0.809. The zero-order chi connectivity index (χ0) is 15.2. The van der Waals surface area contributed by atoms with Crippen LogP contribution in [0.25, 0.3) is 0 Å². The first-order chi connectivity index (χ1) is 10.1. The number of ether oxygens (including phenoxy) is 1. The molecule has 0 saturated carbocycles. The van der Waals surface area contributed by atoms with E-state index < -0.39 is 17.7 Å². The number of thiophene rings is 1. The summed E-state index contributed by atoms with van der Waals surface area (Å²) in [6.45, 7) is 0.615. The minimum atomic E-state index is -0.809. The standard InChI is InChI=1S/C14H14BrF2NO2S/c15-11-4-13(17)14(5-12(11)16)18-6-9(19)7-20-8-10-2-1-3-21-10/h1-5,9,18-19H,6-8H2. The molecule has 7 heteroatoms. The van der Waals surface area contributed by atoms with Crippen LogP contribution < -0.4 is 5.32 Å². The lowest BCUT2D eigenvalue weighted by Gasteiger charge is -2.14. The second-order valence-corrected chi connectivity index (χ2v) is 6.26. The minimum Gasteiger partial charge on any atom is -0.389 e. The molecule has 1 aromatic heterocycles. The topological polar surface area (TPSA) is 41.5 Å². The molecule has 0 radical (unpaired) electrons. The molecular weight excluding hydrogens is 364 g/mol. The van der Waals surface area contributed by atoms with E-state index in [1.165, 1.54) is 0 Å². The average molecular weight is 378 g/mol. The number of hydrogen-bond donors (Lipinski definition) is 2. The van der Waals surface area contributed by atoms with Crippen molar-refractivity contribution in [3.63, 3.8) is 0 Å². The van der Waals surface area contributed by atoms with Gasteiger partial charge in [-0.1, -0.05) is 6.07 Å². The number of hydrogen-bond acceptors (Lipinski definition) is 4. The fourth-order valence-electron chi connectivity index (χ4n) is 1.63. The zero-order valence-corrected chi connectivity index (χ0v) is 13.4. The zero-order valence-electron chi connectivity index (χ0n) is 11.0. The lowest BCUT2D eigenvalue weighted by molar-refractivity contribution is 0.0358.